The first-order valence-electron chi connectivity index (χ1n) is 4.16. The summed E-state index contributed by atoms with van der Waals surface area (Å²) < 4.78 is 0. The van der Waals surface area contributed by atoms with Gasteiger partial charge in [-0.15, -0.1) is 0 Å². The number of aromatic hydroxyl groups is 1. The van der Waals surface area contributed by atoms with E-state index in [0.717, 1.165) is 18.7 Å². The summed E-state index contributed by atoms with van der Waals surface area (Å²) in [6, 6.07) is 5.03. The lowest BCUT2D eigenvalue weighted by Gasteiger charge is -2.05. The summed E-state index contributed by atoms with van der Waals surface area (Å²) in [6.07, 6.45) is 0.915. The maximum Gasteiger partial charge on any atom is 0.134 e. The lowest BCUT2D eigenvalue weighted by Crippen LogP contribution is -2.08. The standard InChI is InChI=1S/C9H13ClN2O/c10-8-6-7(2-3-9(8)13)12-5-1-4-11/h2-3,6,12-13H,1,4-5,11H2. The molecule has 0 saturated carbocycles. The van der Waals surface area contributed by atoms with Crippen molar-refractivity contribution in [3.63, 3.8) is 0 Å². The van der Waals surface area contributed by atoms with E-state index in [9.17, 15) is 0 Å². The van der Waals surface area contributed by atoms with E-state index in [1.807, 2.05) is 0 Å². The van der Waals surface area contributed by atoms with Crippen LogP contribution < -0.4 is 11.1 Å². The number of phenolic OH excluding ortho intramolecular Hbond substituents is 1. The largest absolute Gasteiger partial charge is 0.506 e. The molecule has 0 amide bonds. The fraction of sp³-hybridized carbons (Fsp3) is 0.333. The molecule has 0 spiro atoms. The first kappa shape index (κ1) is 10.2. The van der Waals surface area contributed by atoms with Gasteiger partial charge in [0.05, 0.1) is 5.02 Å². The Hall–Kier alpha value is -0.930. The van der Waals surface area contributed by atoms with Crippen LogP contribution in [0.25, 0.3) is 0 Å². The molecule has 4 heteroatoms. The third kappa shape index (κ3) is 3.13. The molecule has 13 heavy (non-hydrogen) atoms. The quantitative estimate of drug-likeness (QED) is 0.513. The average Bonchev–Trinajstić information content (AvgIpc) is 2.12. The normalized spacial score (nSPS) is 10.0. The van der Waals surface area contributed by atoms with Crippen molar-refractivity contribution < 1.29 is 5.11 Å². The second kappa shape index (κ2) is 4.94. The van der Waals surface area contributed by atoms with Crippen LogP contribution in [0, 0.1) is 0 Å². The van der Waals surface area contributed by atoms with E-state index >= 15 is 0 Å². The molecule has 72 valence electrons. The minimum Gasteiger partial charge on any atom is -0.506 e. The zero-order valence-corrected chi connectivity index (χ0v) is 8.01. The zero-order valence-electron chi connectivity index (χ0n) is 7.26. The predicted octanol–water partition coefficient (Wildman–Crippen LogP) is 1.81. The minimum atomic E-state index is 0.103. The summed E-state index contributed by atoms with van der Waals surface area (Å²) in [4.78, 5) is 0. The zero-order chi connectivity index (χ0) is 9.68. The molecule has 0 atom stereocenters. The van der Waals surface area contributed by atoms with Gasteiger partial charge < -0.3 is 16.2 Å². The smallest absolute Gasteiger partial charge is 0.134 e. The second-order valence-electron chi connectivity index (χ2n) is 2.74. The van der Waals surface area contributed by atoms with Crippen molar-refractivity contribution in [2.24, 2.45) is 5.73 Å². The van der Waals surface area contributed by atoms with Gasteiger partial charge >= 0.3 is 0 Å². The molecule has 0 saturated heterocycles. The van der Waals surface area contributed by atoms with E-state index in [4.69, 9.17) is 22.4 Å². The number of anilines is 1. The van der Waals surface area contributed by atoms with Crippen LogP contribution >= 0.6 is 11.6 Å². The number of hydrogen-bond acceptors (Lipinski definition) is 3. The molecule has 0 unspecified atom stereocenters. The van der Waals surface area contributed by atoms with E-state index in [-0.39, 0.29) is 5.75 Å². The van der Waals surface area contributed by atoms with E-state index in [2.05, 4.69) is 5.32 Å². The van der Waals surface area contributed by atoms with Crippen molar-refractivity contribution >= 4 is 17.3 Å². The fourth-order valence-corrected chi connectivity index (χ4v) is 1.13. The van der Waals surface area contributed by atoms with Crippen LogP contribution in [0.5, 0.6) is 5.75 Å². The molecule has 1 rings (SSSR count). The van der Waals surface area contributed by atoms with Crippen LogP contribution in [0.2, 0.25) is 5.02 Å². The highest BCUT2D eigenvalue weighted by molar-refractivity contribution is 6.32. The molecule has 0 aliphatic rings. The summed E-state index contributed by atoms with van der Waals surface area (Å²) in [5.74, 6) is 0.103. The van der Waals surface area contributed by atoms with Crippen LogP contribution in [0.3, 0.4) is 0 Å². The van der Waals surface area contributed by atoms with Crippen molar-refractivity contribution in [3.05, 3.63) is 23.2 Å². The van der Waals surface area contributed by atoms with Crippen LogP contribution in [-0.4, -0.2) is 18.2 Å². The number of benzene rings is 1. The Kier molecular flexibility index (Phi) is 3.86. The van der Waals surface area contributed by atoms with Gasteiger partial charge in [-0.05, 0) is 31.2 Å². The van der Waals surface area contributed by atoms with Crippen molar-refractivity contribution in [3.8, 4) is 5.75 Å². The number of nitrogens with one attached hydrogen (secondary N) is 1. The summed E-state index contributed by atoms with van der Waals surface area (Å²) in [6.45, 7) is 1.48. The molecule has 0 radical (unpaired) electrons. The highest BCUT2D eigenvalue weighted by Gasteiger charge is 1.98. The number of halogens is 1. The highest BCUT2D eigenvalue weighted by atomic mass is 35.5. The molecule has 0 fully saturated rings. The number of rotatable bonds is 4. The molecular weight excluding hydrogens is 188 g/mol. The maximum absolute atomic E-state index is 9.14. The summed E-state index contributed by atoms with van der Waals surface area (Å²) >= 11 is 5.71. The molecular formula is C9H13ClN2O. The molecule has 1 aromatic carbocycles. The topological polar surface area (TPSA) is 58.3 Å². The van der Waals surface area contributed by atoms with Gasteiger partial charge in [-0.1, -0.05) is 11.6 Å². The molecule has 1 aromatic rings. The molecule has 4 N–H and O–H groups in total. The van der Waals surface area contributed by atoms with Gasteiger partial charge in [0.1, 0.15) is 5.75 Å². The van der Waals surface area contributed by atoms with Crippen molar-refractivity contribution in [2.75, 3.05) is 18.4 Å². The van der Waals surface area contributed by atoms with Crippen molar-refractivity contribution in [2.45, 2.75) is 6.42 Å². The summed E-state index contributed by atoms with van der Waals surface area (Å²) in [7, 11) is 0. The van der Waals surface area contributed by atoms with Crippen LogP contribution in [0.15, 0.2) is 18.2 Å². The van der Waals surface area contributed by atoms with E-state index < -0.39 is 0 Å². The Morgan fingerprint density at radius 1 is 1.46 bits per heavy atom. The second-order valence-corrected chi connectivity index (χ2v) is 3.14. The highest BCUT2D eigenvalue weighted by Crippen LogP contribution is 2.25. The predicted molar refractivity (Wildman–Crippen MR) is 55.3 cm³/mol. The molecule has 0 aliphatic carbocycles. The van der Waals surface area contributed by atoms with E-state index in [1.54, 1.807) is 18.2 Å². The summed E-state index contributed by atoms with van der Waals surface area (Å²) in [5.41, 5.74) is 6.24. The molecule has 0 heterocycles. The monoisotopic (exact) mass is 200 g/mol. The number of nitrogens with two attached hydrogens (primary N) is 1. The molecule has 3 nitrogen and oxygen atoms in total. The van der Waals surface area contributed by atoms with Gasteiger partial charge in [0.2, 0.25) is 0 Å². The van der Waals surface area contributed by atoms with Crippen LogP contribution in [0.1, 0.15) is 6.42 Å². The maximum atomic E-state index is 9.14. The Bertz CT molecular complexity index is 278. The average molecular weight is 201 g/mol. The molecule has 0 aromatic heterocycles. The lowest BCUT2D eigenvalue weighted by atomic mass is 10.3. The minimum absolute atomic E-state index is 0.103. The van der Waals surface area contributed by atoms with Gasteiger partial charge in [-0.3, -0.25) is 0 Å². The fourth-order valence-electron chi connectivity index (χ4n) is 0.952. The SMILES string of the molecule is NCCCNc1ccc(O)c(Cl)c1. The number of phenols is 1. The number of hydrogen-bond donors (Lipinski definition) is 3. The first-order valence-corrected chi connectivity index (χ1v) is 4.54. The molecule has 0 bridgehead atoms. The van der Waals surface area contributed by atoms with E-state index in [0.29, 0.717) is 11.6 Å². The third-order valence-corrected chi connectivity index (χ3v) is 1.96. The van der Waals surface area contributed by atoms with Crippen LogP contribution in [-0.2, 0) is 0 Å². The van der Waals surface area contributed by atoms with Gasteiger partial charge in [0.15, 0.2) is 0 Å². The van der Waals surface area contributed by atoms with Gasteiger partial charge in [-0.25, -0.2) is 0 Å². The van der Waals surface area contributed by atoms with Gasteiger partial charge in [0.25, 0.3) is 0 Å². The van der Waals surface area contributed by atoms with Crippen molar-refractivity contribution in [1.29, 1.82) is 0 Å². The Morgan fingerprint density at radius 2 is 2.23 bits per heavy atom. The van der Waals surface area contributed by atoms with Gasteiger partial charge in [-0.2, -0.15) is 0 Å². The Morgan fingerprint density at radius 3 is 2.85 bits per heavy atom. The first-order chi connectivity index (χ1) is 6.24. The van der Waals surface area contributed by atoms with Crippen LogP contribution in [0.4, 0.5) is 5.69 Å². The van der Waals surface area contributed by atoms with Gasteiger partial charge in [0, 0.05) is 12.2 Å². The summed E-state index contributed by atoms with van der Waals surface area (Å²) in [5, 5.41) is 12.6. The van der Waals surface area contributed by atoms with E-state index in [1.165, 1.54) is 0 Å². The lowest BCUT2D eigenvalue weighted by molar-refractivity contribution is 0.475. The third-order valence-electron chi connectivity index (χ3n) is 1.66. The Labute approximate surface area is 82.5 Å². The van der Waals surface area contributed by atoms with Crippen molar-refractivity contribution in [1.82, 2.24) is 0 Å². The Balaban J connectivity index is 2.53. The molecule has 0 aliphatic heterocycles.